The maximum absolute atomic E-state index is 11.8. The van der Waals surface area contributed by atoms with Crippen molar-refractivity contribution in [2.75, 3.05) is 31.6 Å². The van der Waals surface area contributed by atoms with Gasteiger partial charge in [-0.2, -0.15) is 0 Å². The van der Waals surface area contributed by atoms with Crippen molar-refractivity contribution in [3.8, 4) is 17.1 Å². The number of nitrogens with one attached hydrogen (secondary N) is 1. The fourth-order valence-electron chi connectivity index (χ4n) is 4.87. The number of piperazine rings is 1. The summed E-state index contributed by atoms with van der Waals surface area (Å²) >= 11 is 6.18. The lowest BCUT2D eigenvalue weighted by molar-refractivity contribution is 0.111. The quantitative estimate of drug-likeness (QED) is 0.428. The van der Waals surface area contributed by atoms with Crippen molar-refractivity contribution in [3.05, 3.63) is 76.7 Å². The number of fused-ring (bicyclic) bond motifs is 1. The van der Waals surface area contributed by atoms with Crippen LogP contribution in [-0.4, -0.2) is 47.4 Å². The van der Waals surface area contributed by atoms with Crippen molar-refractivity contribution in [1.82, 2.24) is 19.7 Å². The van der Waals surface area contributed by atoms with Gasteiger partial charge in [0.1, 0.15) is 11.3 Å². The molecule has 174 valence electrons. The average molecular weight is 476 g/mol. The molecule has 1 N–H and O–H groups in total. The highest BCUT2D eigenvalue weighted by Gasteiger charge is 2.42. The molecule has 7 nitrogen and oxygen atoms in total. The molecule has 3 aromatic heterocycles. The number of ether oxygens (including phenoxy) is 1. The molecule has 1 saturated heterocycles. The van der Waals surface area contributed by atoms with E-state index < -0.39 is 5.54 Å². The van der Waals surface area contributed by atoms with Crippen LogP contribution >= 0.6 is 11.6 Å². The summed E-state index contributed by atoms with van der Waals surface area (Å²) in [5.41, 5.74) is 5.45. The first kappa shape index (κ1) is 22.4. The van der Waals surface area contributed by atoms with Crippen LogP contribution in [-0.2, 0) is 5.54 Å². The van der Waals surface area contributed by atoms with Crippen molar-refractivity contribution in [2.24, 2.45) is 0 Å². The number of aldehydes is 1. The third-order valence-electron chi connectivity index (χ3n) is 6.61. The highest BCUT2D eigenvalue weighted by atomic mass is 35.5. The number of carbonyl (C=O) groups is 1. The number of nitrogens with zero attached hydrogens (tertiary/aromatic N) is 4. The minimum absolute atomic E-state index is 0.381. The summed E-state index contributed by atoms with van der Waals surface area (Å²) in [4.78, 5) is 23.5. The normalized spacial score (nSPS) is 18.3. The van der Waals surface area contributed by atoms with Gasteiger partial charge in [0.05, 0.1) is 24.0 Å². The molecule has 1 atom stereocenters. The molecule has 1 aliphatic heterocycles. The monoisotopic (exact) mass is 475 g/mol. The first-order chi connectivity index (χ1) is 16.5. The van der Waals surface area contributed by atoms with Crippen LogP contribution in [0.1, 0.15) is 28.7 Å². The fraction of sp³-hybridized carbons (Fsp3) is 0.269. The number of anilines is 1. The van der Waals surface area contributed by atoms with E-state index in [9.17, 15) is 4.79 Å². The number of methoxy groups -OCH3 is 1. The zero-order valence-corrected chi connectivity index (χ0v) is 20.1. The minimum Gasteiger partial charge on any atom is -0.481 e. The smallest absolute Gasteiger partial charge is 0.215 e. The maximum atomic E-state index is 11.8. The van der Waals surface area contributed by atoms with Crippen molar-refractivity contribution in [1.29, 1.82) is 0 Å². The topological polar surface area (TPSA) is 71.8 Å². The number of hydrogen-bond donors (Lipinski definition) is 1. The van der Waals surface area contributed by atoms with Crippen molar-refractivity contribution >= 4 is 29.2 Å². The van der Waals surface area contributed by atoms with Crippen molar-refractivity contribution < 1.29 is 9.53 Å². The van der Waals surface area contributed by atoms with Crippen LogP contribution in [0.2, 0.25) is 5.02 Å². The summed E-state index contributed by atoms with van der Waals surface area (Å²) in [6, 6.07) is 15.7. The highest BCUT2D eigenvalue weighted by molar-refractivity contribution is 6.30. The summed E-state index contributed by atoms with van der Waals surface area (Å²) in [5.74, 6) is 0.416. The molecule has 0 saturated carbocycles. The molecule has 34 heavy (non-hydrogen) atoms. The van der Waals surface area contributed by atoms with E-state index in [4.69, 9.17) is 21.3 Å². The standard InChI is InChI=1S/C26H26ClN5O2/c1-17-20(15-33)29-23(34-3)14-21(17)32-13-11-28-16-26(32,2)25-24(18-7-9-19(27)10-8-18)30-22-6-4-5-12-31(22)25/h4-10,12,14-15,28H,11,13,16H2,1-3H3. The fourth-order valence-corrected chi connectivity index (χ4v) is 5.00. The predicted molar refractivity (Wildman–Crippen MR) is 134 cm³/mol. The summed E-state index contributed by atoms with van der Waals surface area (Å²) in [7, 11) is 1.57. The number of benzene rings is 1. The molecular weight excluding hydrogens is 450 g/mol. The number of rotatable bonds is 5. The van der Waals surface area contributed by atoms with Gasteiger partial charge in [-0.15, -0.1) is 0 Å². The zero-order chi connectivity index (χ0) is 23.9. The first-order valence-electron chi connectivity index (χ1n) is 11.2. The molecule has 8 heteroatoms. The molecule has 5 rings (SSSR count). The summed E-state index contributed by atoms with van der Waals surface area (Å²) in [5, 5.41) is 4.25. The molecule has 0 aliphatic carbocycles. The molecular formula is C26H26ClN5O2. The molecule has 1 aromatic carbocycles. The first-order valence-corrected chi connectivity index (χ1v) is 11.6. The molecule has 4 aromatic rings. The molecule has 0 spiro atoms. The Kier molecular flexibility index (Phi) is 5.75. The number of halogens is 1. The van der Waals surface area contributed by atoms with E-state index in [1.807, 2.05) is 61.7 Å². The van der Waals surface area contributed by atoms with E-state index in [0.717, 1.165) is 53.2 Å². The Labute approximate surface area is 203 Å². The molecule has 4 heterocycles. The average Bonchev–Trinajstić information content (AvgIpc) is 3.25. The Morgan fingerprint density at radius 2 is 1.97 bits per heavy atom. The van der Waals surface area contributed by atoms with Crippen LogP contribution in [0.5, 0.6) is 5.88 Å². The van der Waals surface area contributed by atoms with Crippen molar-refractivity contribution in [2.45, 2.75) is 19.4 Å². The third-order valence-corrected chi connectivity index (χ3v) is 6.86. The third kappa shape index (κ3) is 3.61. The van der Waals surface area contributed by atoms with Gasteiger partial charge in [-0.25, -0.2) is 9.97 Å². The Morgan fingerprint density at radius 1 is 1.18 bits per heavy atom. The van der Waals surface area contributed by atoms with E-state index in [1.54, 1.807) is 7.11 Å². The van der Waals surface area contributed by atoms with Crippen LogP contribution in [0.4, 0.5) is 5.69 Å². The van der Waals surface area contributed by atoms with Crippen molar-refractivity contribution in [3.63, 3.8) is 0 Å². The van der Waals surface area contributed by atoms with Crippen LogP contribution in [0.15, 0.2) is 54.7 Å². The predicted octanol–water partition coefficient (Wildman–Crippen LogP) is 4.50. The number of pyridine rings is 2. The van der Waals surface area contributed by atoms with Gasteiger partial charge in [0.25, 0.3) is 0 Å². The lowest BCUT2D eigenvalue weighted by Gasteiger charge is -2.47. The largest absolute Gasteiger partial charge is 0.481 e. The Balaban J connectivity index is 1.77. The second-order valence-electron chi connectivity index (χ2n) is 8.66. The highest BCUT2D eigenvalue weighted by Crippen LogP contribution is 2.41. The van der Waals surface area contributed by atoms with Crippen LogP contribution < -0.4 is 15.0 Å². The lowest BCUT2D eigenvalue weighted by atomic mass is 9.88. The second-order valence-corrected chi connectivity index (χ2v) is 9.10. The molecule has 1 aliphatic rings. The van der Waals surface area contributed by atoms with Crippen LogP contribution in [0.25, 0.3) is 16.9 Å². The summed E-state index contributed by atoms with van der Waals surface area (Å²) in [6.07, 6.45) is 2.83. The van der Waals surface area contributed by atoms with Gasteiger partial charge in [-0.3, -0.25) is 4.79 Å². The van der Waals surface area contributed by atoms with Gasteiger partial charge in [0.15, 0.2) is 6.29 Å². The summed E-state index contributed by atoms with van der Waals surface area (Å²) < 4.78 is 7.59. The second kappa shape index (κ2) is 8.74. The van der Waals surface area contributed by atoms with E-state index >= 15 is 0 Å². The van der Waals surface area contributed by atoms with Gasteiger partial charge in [0, 0.05) is 53.7 Å². The Bertz CT molecular complexity index is 1370. The van der Waals surface area contributed by atoms with Crippen LogP contribution in [0, 0.1) is 6.92 Å². The SMILES string of the molecule is COc1cc(N2CCNCC2(C)c2c(-c3ccc(Cl)cc3)nc3ccccn23)c(C)c(C=O)n1. The number of carbonyl (C=O) groups excluding carboxylic acids is 1. The van der Waals surface area contributed by atoms with E-state index in [-0.39, 0.29) is 0 Å². The Morgan fingerprint density at radius 3 is 2.71 bits per heavy atom. The molecule has 0 bridgehead atoms. The van der Waals surface area contributed by atoms with Gasteiger partial charge < -0.3 is 19.4 Å². The number of hydrogen-bond acceptors (Lipinski definition) is 6. The van der Waals surface area contributed by atoms with E-state index in [0.29, 0.717) is 23.1 Å². The minimum atomic E-state index is -0.495. The summed E-state index contributed by atoms with van der Waals surface area (Å²) in [6.45, 7) is 6.38. The molecule has 0 radical (unpaired) electrons. The molecule has 1 unspecified atom stereocenters. The lowest BCUT2D eigenvalue weighted by Crippen LogP contribution is -2.58. The van der Waals surface area contributed by atoms with Gasteiger partial charge >= 0.3 is 0 Å². The van der Waals surface area contributed by atoms with Gasteiger partial charge in [-0.05, 0) is 38.1 Å². The zero-order valence-electron chi connectivity index (χ0n) is 19.4. The van der Waals surface area contributed by atoms with Gasteiger partial charge in [-0.1, -0.05) is 29.8 Å². The maximum Gasteiger partial charge on any atom is 0.215 e. The van der Waals surface area contributed by atoms with E-state index in [2.05, 4.69) is 26.5 Å². The number of aromatic nitrogens is 3. The molecule has 1 fully saturated rings. The van der Waals surface area contributed by atoms with Crippen LogP contribution in [0.3, 0.4) is 0 Å². The Hall–Kier alpha value is -3.42. The van der Waals surface area contributed by atoms with E-state index in [1.165, 1.54) is 0 Å². The van der Waals surface area contributed by atoms with Gasteiger partial charge in [0.2, 0.25) is 5.88 Å². The molecule has 0 amide bonds. The number of imidazole rings is 1.